The van der Waals surface area contributed by atoms with Crippen LogP contribution in [0.4, 0.5) is 0 Å². The summed E-state index contributed by atoms with van der Waals surface area (Å²) in [6, 6.07) is 0.244. The Kier molecular flexibility index (Phi) is 7.53. The van der Waals surface area contributed by atoms with Crippen LogP contribution < -0.4 is 16.0 Å². The molecule has 22 heavy (non-hydrogen) atoms. The van der Waals surface area contributed by atoms with Crippen LogP contribution in [0, 0.1) is 12.8 Å². The van der Waals surface area contributed by atoms with Gasteiger partial charge < -0.3 is 25.4 Å². The van der Waals surface area contributed by atoms with Gasteiger partial charge in [0.05, 0.1) is 6.04 Å². The summed E-state index contributed by atoms with van der Waals surface area (Å²) < 4.78 is 11.2. The molecule has 2 rings (SSSR count). The summed E-state index contributed by atoms with van der Waals surface area (Å²) >= 11 is 0. The minimum Gasteiger partial charge on any atom is -0.385 e. The van der Waals surface area contributed by atoms with Gasteiger partial charge in [0.2, 0.25) is 0 Å². The van der Waals surface area contributed by atoms with Gasteiger partial charge in [0.15, 0.2) is 0 Å². The zero-order valence-corrected chi connectivity index (χ0v) is 14.2. The number of ether oxygens (including phenoxy) is 2. The fraction of sp³-hybridized carbons (Fsp3) is 0.938. The van der Waals surface area contributed by atoms with Crippen molar-refractivity contribution in [3.8, 4) is 0 Å². The Hall–Kier alpha value is -0.240. The van der Waals surface area contributed by atoms with Gasteiger partial charge in [-0.05, 0) is 38.8 Å². The predicted molar refractivity (Wildman–Crippen MR) is 88.8 cm³/mol. The highest BCUT2D eigenvalue weighted by molar-refractivity contribution is 4.98. The summed E-state index contributed by atoms with van der Waals surface area (Å²) in [5.74, 6) is 0.572. The van der Waals surface area contributed by atoms with Crippen molar-refractivity contribution in [3.63, 3.8) is 0 Å². The first-order valence-electron chi connectivity index (χ1n) is 8.50. The Bertz CT molecular complexity index is 311. The van der Waals surface area contributed by atoms with Crippen LogP contribution in [0.3, 0.4) is 0 Å². The van der Waals surface area contributed by atoms with Crippen molar-refractivity contribution in [1.82, 2.24) is 20.9 Å². The van der Waals surface area contributed by atoms with E-state index in [1.165, 1.54) is 0 Å². The fourth-order valence-corrected chi connectivity index (χ4v) is 3.49. The van der Waals surface area contributed by atoms with Crippen LogP contribution in [0.1, 0.15) is 12.8 Å². The van der Waals surface area contributed by atoms with Crippen LogP contribution in [0.15, 0.2) is 0 Å². The average molecular weight is 313 g/mol. The van der Waals surface area contributed by atoms with E-state index >= 15 is 0 Å². The summed E-state index contributed by atoms with van der Waals surface area (Å²) in [6.45, 7) is 12.3. The molecule has 3 N–H and O–H groups in total. The molecule has 129 valence electrons. The Labute approximate surface area is 135 Å². The molecule has 0 aromatic heterocycles. The van der Waals surface area contributed by atoms with Gasteiger partial charge in [-0.1, -0.05) is 0 Å². The van der Waals surface area contributed by atoms with Gasteiger partial charge in [0.1, 0.15) is 5.72 Å². The Morgan fingerprint density at radius 3 is 2.82 bits per heavy atom. The van der Waals surface area contributed by atoms with Gasteiger partial charge >= 0.3 is 0 Å². The lowest BCUT2D eigenvalue weighted by molar-refractivity contribution is -0.127. The maximum absolute atomic E-state index is 5.95. The van der Waals surface area contributed by atoms with Crippen molar-refractivity contribution in [2.24, 2.45) is 5.92 Å². The largest absolute Gasteiger partial charge is 0.385 e. The number of methoxy groups -OCH3 is 2. The summed E-state index contributed by atoms with van der Waals surface area (Å²) in [5, 5.41) is 10.6. The molecule has 0 aromatic rings. The SMILES string of the molecule is [CH2]C(OC)(C1CCNCCN1)N1CCNCC(CCOC)C1. The van der Waals surface area contributed by atoms with E-state index in [1.54, 1.807) is 14.2 Å². The molecule has 0 aromatic carbocycles. The maximum Gasteiger partial charge on any atom is 0.136 e. The monoisotopic (exact) mass is 313 g/mol. The molecule has 2 aliphatic rings. The normalized spacial score (nSPS) is 31.2. The molecular weight excluding hydrogens is 280 g/mol. The fourth-order valence-electron chi connectivity index (χ4n) is 3.49. The Morgan fingerprint density at radius 1 is 1.18 bits per heavy atom. The highest BCUT2D eigenvalue weighted by Crippen LogP contribution is 2.25. The van der Waals surface area contributed by atoms with Gasteiger partial charge in [-0.2, -0.15) is 0 Å². The summed E-state index contributed by atoms with van der Waals surface area (Å²) in [5.41, 5.74) is -0.511. The highest BCUT2D eigenvalue weighted by Gasteiger charge is 2.41. The third kappa shape index (κ3) is 4.63. The Morgan fingerprint density at radius 2 is 2.05 bits per heavy atom. The van der Waals surface area contributed by atoms with Crippen LogP contribution in [-0.4, -0.2) is 83.3 Å². The molecule has 0 aliphatic carbocycles. The minimum absolute atomic E-state index is 0.244. The molecular formula is C16H33N4O2. The molecule has 2 aliphatic heterocycles. The van der Waals surface area contributed by atoms with Crippen molar-refractivity contribution in [1.29, 1.82) is 0 Å². The first kappa shape index (κ1) is 18.1. The van der Waals surface area contributed by atoms with E-state index < -0.39 is 5.72 Å². The zero-order valence-electron chi connectivity index (χ0n) is 14.2. The number of nitrogens with one attached hydrogen (secondary N) is 3. The number of nitrogens with zero attached hydrogens (tertiary/aromatic N) is 1. The number of hydrogen-bond acceptors (Lipinski definition) is 6. The molecule has 2 fully saturated rings. The molecule has 0 amide bonds. The molecule has 0 spiro atoms. The van der Waals surface area contributed by atoms with Crippen LogP contribution in [0.5, 0.6) is 0 Å². The van der Waals surface area contributed by atoms with Gasteiger partial charge in [-0.15, -0.1) is 0 Å². The van der Waals surface area contributed by atoms with Gasteiger partial charge in [-0.25, -0.2) is 0 Å². The summed E-state index contributed by atoms with van der Waals surface area (Å²) in [7, 11) is 3.56. The van der Waals surface area contributed by atoms with Crippen molar-refractivity contribution in [3.05, 3.63) is 6.92 Å². The van der Waals surface area contributed by atoms with E-state index in [0.29, 0.717) is 5.92 Å². The standard InChI is InChI=1S/C16H33N4O2/c1-16(22-3,15-4-6-17-7-8-19-15)20-10-9-18-12-14(13-20)5-11-21-2/h14-15,17-19H,1,4-13H2,2-3H3. The lowest BCUT2D eigenvalue weighted by Gasteiger charge is -2.45. The highest BCUT2D eigenvalue weighted by atomic mass is 16.5. The smallest absolute Gasteiger partial charge is 0.136 e. The molecule has 3 unspecified atom stereocenters. The second-order valence-corrected chi connectivity index (χ2v) is 6.39. The third-order valence-electron chi connectivity index (χ3n) is 4.94. The molecule has 3 atom stereocenters. The number of hydrogen-bond donors (Lipinski definition) is 3. The zero-order chi connectivity index (χ0) is 15.8. The minimum atomic E-state index is -0.511. The van der Waals surface area contributed by atoms with Gasteiger partial charge in [0, 0.05) is 53.6 Å². The van der Waals surface area contributed by atoms with Crippen molar-refractivity contribution < 1.29 is 9.47 Å². The van der Waals surface area contributed by atoms with Gasteiger partial charge in [-0.3, -0.25) is 4.90 Å². The lowest BCUT2D eigenvalue weighted by Crippen LogP contribution is -2.62. The number of rotatable bonds is 6. The van der Waals surface area contributed by atoms with Crippen molar-refractivity contribution in [2.45, 2.75) is 24.6 Å². The van der Waals surface area contributed by atoms with E-state index in [9.17, 15) is 0 Å². The predicted octanol–water partition coefficient (Wildman–Crippen LogP) is -0.327. The van der Waals surface area contributed by atoms with Crippen LogP contribution in [0.25, 0.3) is 0 Å². The molecule has 1 radical (unpaired) electrons. The topological polar surface area (TPSA) is 57.8 Å². The maximum atomic E-state index is 5.95. The van der Waals surface area contributed by atoms with Gasteiger partial charge in [0.25, 0.3) is 0 Å². The first-order valence-corrected chi connectivity index (χ1v) is 8.50. The first-order chi connectivity index (χ1) is 10.7. The lowest BCUT2D eigenvalue weighted by atomic mass is 9.97. The molecule has 0 saturated carbocycles. The van der Waals surface area contributed by atoms with E-state index in [0.717, 1.165) is 65.3 Å². The van der Waals surface area contributed by atoms with E-state index in [1.807, 2.05) is 0 Å². The Balaban J connectivity index is 2.05. The summed E-state index contributed by atoms with van der Waals surface area (Å²) in [4.78, 5) is 2.41. The molecule has 0 bridgehead atoms. The second kappa shape index (κ2) is 9.15. The molecule has 6 heteroatoms. The van der Waals surface area contributed by atoms with E-state index in [-0.39, 0.29) is 6.04 Å². The van der Waals surface area contributed by atoms with Crippen molar-refractivity contribution in [2.75, 3.05) is 66.6 Å². The van der Waals surface area contributed by atoms with Crippen LogP contribution >= 0.6 is 0 Å². The molecule has 2 saturated heterocycles. The molecule has 2 heterocycles. The second-order valence-electron chi connectivity index (χ2n) is 6.39. The average Bonchev–Trinajstić information content (AvgIpc) is 2.95. The third-order valence-corrected chi connectivity index (χ3v) is 4.94. The quantitative estimate of drug-likeness (QED) is 0.624. The summed E-state index contributed by atoms with van der Waals surface area (Å²) in [6.07, 6.45) is 2.10. The van der Waals surface area contributed by atoms with E-state index in [2.05, 4.69) is 27.8 Å². The van der Waals surface area contributed by atoms with Crippen molar-refractivity contribution >= 4 is 0 Å². The van der Waals surface area contributed by atoms with E-state index in [4.69, 9.17) is 9.47 Å². The van der Waals surface area contributed by atoms with Crippen LogP contribution in [-0.2, 0) is 9.47 Å². The van der Waals surface area contributed by atoms with Crippen LogP contribution in [0.2, 0.25) is 0 Å². The molecule has 6 nitrogen and oxygen atoms in total.